The first-order chi connectivity index (χ1) is 21.2. The number of hydrogen-bond acceptors (Lipinski definition) is 13. The highest BCUT2D eigenvalue weighted by atomic mass is 32.2. The minimum atomic E-state index is -0.805. The van der Waals surface area contributed by atoms with Crippen LogP contribution in [-0.4, -0.2) is 38.2 Å². The number of pyridine rings is 1. The minimum absolute atomic E-state index is 0.0933. The van der Waals surface area contributed by atoms with Crippen LogP contribution < -0.4 is 10.0 Å². The molecule has 0 saturated carbocycles. The van der Waals surface area contributed by atoms with Crippen molar-refractivity contribution in [1.29, 1.82) is 10.5 Å². The summed E-state index contributed by atoms with van der Waals surface area (Å²) in [7, 11) is 0. The van der Waals surface area contributed by atoms with E-state index in [9.17, 15) is 29.7 Å². The van der Waals surface area contributed by atoms with Gasteiger partial charge < -0.3 is 0 Å². The highest BCUT2D eigenvalue weighted by Crippen LogP contribution is 2.39. The molecule has 13 heteroatoms. The van der Waals surface area contributed by atoms with Crippen LogP contribution in [0.25, 0.3) is 0 Å². The molecule has 0 saturated heterocycles. The number of allylic oxidation sites excluding steroid dienone is 2. The molecule has 44 heavy (non-hydrogen) atoms. The molecule has 0 amide bonds. The van der Waals surface area contributed by atoms with Gasteiger partial charge in [-0.3, -0.25) is 19.2 Å². The monoisotopic (exact) mass is 617 g/mol. The number of carbonyl (C=O) groups is 4. The normalized spacial score (nSPS) is 16.4. The molecule has 214 valence electrons. The van der Waals surface area contributed by atoms with E-state index in [4.69, 9.17) is 0 Å². The van der Waals surface area contributed by atoms with Crippen LogP contribution in [0.5, 0.6) is 0 Å². The van der Waals surface area contributed by atoms with Crippen LogP contribution in [0, 0.1) is 22.7 Å². The molecule has 11 nitrogen and oxygen atoms in total. The van der Waals surface area contributed by atoms with Crippen molar-refractivity contribution in [2.45, 2.75) is 13.8 Å². The van der Waals surface area contributed by atoms with Gasteiger partial charge in [-0.1, -0.05) is 42.5 Å². The number of hydrazone groups is 2. The second-order valence-corrected chi connectivity index (χ2v) is 11.0. The number of nitriles is 2. The lowest BCUT2D eigenvalue weighted by atomic mass is 10.1. The first-order valence-corrected chi connectivity index (χ1v) is 14.5. The number of hydrogen-bond donors (Lipinski definition) is 0. The van der Waals surface area contributed by atoms with E-state index in [1.165, 1.54) is 42.1 Å². The zero-order chi connectivity index (χ0) is 31.4. The molecule has 0 unspecified atom stereocenters. The molecule has 3 aromatic rings. The Kier molecular flexibility index (Phi) is 8.62. The standard InChI is InChI=1S/C31H19N7O4S2/c1-18(39)28-35-37(20-10-5-3-6-11-20)30(43-28)22(16-32)26(41)24-14-9-15-25(34-24)27(42)23(17-33)31-38(21-12-7-4-8-13-21)36-29(44-31)19(2)40/h3-15H,1-2H3/b30-22+,31-23+. The van der Waals surface area contributed by atoms with Crippen molar-refractivity contribution < 1.29 is 19.2 Å². The summed E-state index contributed by atoms with van der Waals surface area (Å²) in [5.41, 5.74) is -0.0818. The van der Waals surface area contributed by atoms with Crippen molar-refractivity contribution >= 4 is 68.1 Å². The predicted octanol–water partition coefficient (Wildman–Crippen LogP) is 5.23. The lowest BCUT2D eigenvalue weighted by molar-refractivity contribution is -0.111. The van der Waals surface area contributed by atoms with Gasteiger partial charge in [-0.05, 0) is 59.9 Å². The Balaban J connectivity index is 1.53. The molecule has 5 rings (SSSR count). The number of rotatable bonds is 8. The fourth-order valence-corrected chi connectivity index (χ4v) is 5.85. The maximum atomic E-state index is 13.7. The van der Waals surface area contributed by atoms with Gasteiger partial charge in [-0.15, -0.1) is 0 Å². The van der Waals surface area contributed by atoms with Crippen LogP contribution in [0.2, 0.25) is 0 Å². The Morgan fingerprint density at radius 2 is 1.00 bits per heavy atom. The molecule has 2 aliphatic heterocycles. The van der Waals surface area contributed by atoms with E-state index >= 15 is 0 Å². The van der Waals surface area contributed by atoms with Gasteiger partial charge in [0.15, 0.2) is 21.7 Å². The van der Waals surface area contributed by atoms with Crippen LogP contribution >= 0.6 is 23.5 Å². The Labute approximate surface area is 259 Å². The van der Waals surface area contributed by atoms with Crippen molar-refractivity contribution in [3.63, 3.8) is 0 Å². The topological polar surface area (TPSA) is 160 Å². The van der Waals surface area contributed by atoms with Crippen molar-refractivity contribution in [1.82, 2.24) is 4.98 Å². The highest BCUT2D eigenvalue weighted by molar-refractivity contribution is 8.19. The Bertz CT molecular complexity index is 1800. The van der Waals surface area contributed by atoms with E-state index < -0.39 is 11.6 Å². The van der Waals surface area contributed by atoms with E-state index in [2.05, 4.69) is 15.2 Å². The van der Waals surface area contributed by atoms with E-state index in [0.29, 0.717) is 11.4 Å². The van der Waals surface area contributed by atoms with Crippen molar-refractivity contribution in [3.8, 4) is 12.1 Å². The van der Waals surface area contributed by atoms with E-state index in [0.717, 1.165) is 23.5 Å². The smallest absolute Gasteiger partial charge is 0.224 e. The molecule has 2 aromatic carbocycles. The zero-order valence-corrected chi connectivity index (χ0v) is 24.7. The van der Waals surface area contributed by atoms with Crippen LogP contribution in [-0.2, 0) is 9.59 Å². The van der Waals surface area contributed by atoms with Crippen LogP contribution in [0.1, 0.15) is 34.8 Å². The lowest BCUT2D eigenvalue weighted by Crippen LogP contribution is -2.18. The average molecular weight is 618 g/mol. The van der Waals surface area contributed by atoms with E-state index in [1.807, 2.05) is 12.1 Å². The van der Waals surface area contributed by atoms with Gasteiger partial charge in [0, 0.05) is 13.8 Å². The predicted molar refractivity (Wildman–Crippen MR) is 167 cm³/mol. The number of thioether (sulfide) groups is 2. The molecule has 0 radical (unpaired) electrons. The second-order valence-electron chi connectivity index (χ2n) is 9.07. The fourth-order valence-electron chi connectivity index (χ4n) is 4.00. The third-order valence-corrected chi connectivity index (χ3v) is 8.34. The summed E-state index contributed by atoms with van der Waals surface area (Å²) >= 11 is 1.77. The molecule has 2 aliphatic rings. The van der Waals surface area contributed by atoms with E-state index in [1.54, 1.807) is 60.7 Å². The SMILES string of the molecule is CC(=O)C1=NN(c2ccccc2)/C(=C(/C#N)C(=O)c2cccc(C(=O)/C(C#N)=C3/SC(C(C)=O)=NN3c3ccccc3)n2)S1. The van der Waals surface area contributed by atoms with E-state index in [-0.39, 0.29) is 54.2 Å². The first-order valence-electron chi connectivity index (χ1n) is 12.8. The minimum Gasteiger partial charge on any atom is -0.292 e. The average Bonchev–Trinajstić information content (AvgIpc) is 3.69. The van der Waals surface area contributed by atoms with Gasteiger partial charge in [0.2, 0.25) is 11.6 Å². The first kappa shape index (κ1) is 29.8. The summed E-state index contributed by atoms with van der Waals surface area (Å²) < 4.78 is 0. The number of Topliss-reactive ketones (excluding diaryl/α,β-unsaturated/α-hetero) is 4. The summed E-state index contributed by atoms with van der Waals surface area (Å²) in [5.74, 6) is -2.30. The number of ketones is 4. The van der Waals surface area contributed by atoms with Crippen molar-refractivity contribution in [3.05, 3.63) is 111 Å². The summed E-state index contributed by atoms with van der Waals surface area (Å²) in [4.78, 5) is 55.8. The molecule has 0 bridgehead atoms. The van der Waals surface area contributed by atoms with Gasteiger partial charge in [-0.25, -0.2) is 15.0 Å². The van der Waals surface area contributed by atoms with Gasteiger partial charge in [0.1, 0.15) is 44.7 Å². The number of nitrogens with zero attached hydrogens (tertiary/aromatic N) is 7. The molecular formula is C31H19N7O4S2. The van der Waals surface area contributed by atoms with Crippen LogP contribution in [0.4, 0.5) is 11.4 Å². The third-order valence-electron chi connectivity index (χ3n) is 6.08. The molecular weight excluding hydrogens is 599 g/mol. The van der Waals surface area contributed by atoms with Crippen LogP contribution in [0.3, 0.4) is 0 Å². The third kappa shape index (κ3) is 5.83. The number of anilines is 2. The molecule has 1 aromatic heterocycles. The molecule has 3 heterocycles. The van der Waals surface area contributed by atoms with Crippen LogP contribution in [0.15, 0.2) is 110 Å². The Hall–Kier alpha value is -5.63. The molecule has 0 spiro atoms. The number of aromatic nitrogens is 1. The fraction of sp³-hybridized carbons (Fsp3) is 0.0645. The maximum absolute atomic E-state index is 13.7. The molecule has 0 aliphatic carbocycles. The summed E-state index contributed by atoms with van der Waals surface area (Å²) in [6, 6.07) is 25.3. The van der Waals surface area contributed by atoms with Crippen molar-refractivity contribution in [2.75, 3.05) is 10.0 Å². The Morgan fingerprint density at radius 1 is 0.614 bits per heavy atom. The lowest BCUT2D eigenvalue weighted by Gasteiger charge is -2.17. The maximum Gasteiger partial charge on any atom is 0.224 e. The quantitative estimate of drug-likeness (QED) is 0.185. The number of para-hydroxylation sites is 2. The molecule has 0 fully saturated rings. The number of carbonyl (C=O) groups excluding carboxylic acids is 4. The van der Waals surface area contributed by atoms with Gasteiger partial charge in [-0.2, -0.15) is 20.7 Å². The second kappa shape index (κ2) is 12.7. The molecule has 0 N–H and O–H groups in total. The summed E-state index contributed by atoms with van der Waals surface area (Å²) in [5, 5.41) is 31.8. The van der Waals surface area contributed by atoms with Gasteiger partial charge in [0.25, 0.3) is 0 Å². The Morgan fingerprint density at radius 3 is 1.34 bits per heavy atom. The van der Waals surface area contributed by atoms with Gasteiger partial charge in [0.05, 0.1) is 11.4 Å². The molecule has 0 atom stereocenters. The van der Waals surface area contributed by atoms with Crippen molar-refractivity contribution in [2.24, 2.45) is 10.2 Å². The zero-order valence-electron chi connectivity index (χ0n) is 23.1. The number of benzene rings is 2. The largest absolute Gasteiger partial charge is 0.292 e. The highest BCUT2D eigenvalue weighted by Gasteiger charge is 2.34. The van der Waals surface area contributed by atoms with Gasteiger partial charge >= 0.3 is 0 Å². The summed E-state index contributed by atoms with van der Waals surface area (Å²) in [6.45, 7) is 2.66. The summed E-state index contributed by atoms with van der Waals surface area (Å²) in [6.07, 6.45) is 0.